The van der Waals surface area contributed by atoms with Crippen LogP contribution in [0.3, 0.4) is 0 Å². The van der Waals surface area contributed by atoms with Crippen LogP contribution in [0, 0.1) is 17.3 Å². The van der Waals surface area contributed by atoms with Gasteiger partial charge >= 0.3 is 13.1 Å². The van der Waals surface area contributed by atoms with E-state index in [1.807, 2.05) is 55.8 Å². The van der Waals surface area contributed by atoms with E-state index in [0.717, 1.165) is 24.1 Å². The number of hydrogen-bond donors (Lipinski definition) is 1. The fourth-order valence-electron chi connectivity index (χ4n) is 7.48. The molecule has 0 radical (unpaired) electrons. The van der Waals surface area contributed by atoms with Crippen LogP contribution >= 0.6 is 0 Å². The number of nitrogens with one attached hydrogen (secondary N) is 1. The number of imidazole rings is 1. The average Bonchev–Trinajstić information content (AvgIpc) is 3.63. The molecule has 5 atom stereocenters. The van der Waals surface area contributed by atoms with Crippen molar-refractivity contribution < 1.29 is 28.4 Å². The number of nitrogens with zero attached hydrogens (tertiary/aromatic N) is 2. The topological polar surface area (TPSA) is 101 Å². The maximum atomic E-state index is 13.8. The highest BCUT2D eigenvalue weighted by atomic mass is 16.7. The van der Waals surface area contributed by atoms with E-state index >= 15 is 0 Å². The highest BCUT2D eigenvalue weighted by Crippen LogP contribution is 2.65. The quantitative estimate of drug-likeness (QED) is 0.272. The van der Waals surface area contributed by atoms with Crippen LogP contribution in [0.25, 0.3) is 5.69 Å². The number of esters is 1. The van der Waals surface area contributed by atoms with Gasteiger partial charge in [-0.05, 0) is 94.0 Å². The fourth-order valence-corrected chi connectivity index (χ4v) is 7.48. The number of aromatic nitrogens is 2. The van der Waals surface area contributed by atoms with Gasteiger partial charge in [-0.3, -0.25) is 4.79 Å². The highest BCUT2D eigenvalue weighted by Gasteiger charge is 2.68. The molecule has 1 aliphatic heterocycles. The Morgan fingerprint density at radius 3 is 2.61 bits per heavy atom. The molecule has 1 saturated heterocycles. The molecular weight excluding hydrogens is 557 g/mol. The summed E-state index contributed by atoms with van der Waals surface area (Å²) >= 11 is 0. The molecule has 9 nitrogen and oxygen atoms in total. The van der Waals surface area contributed by atoms with E-state index in [2.05, 4.69) is 31.1 Å². The zero-order valence-corrected chi connectivity index (χ0v) is 26.6. The zero-order chi connectivity index (χ0) is 31.4. The predicted molar refractivity (Wildman–Crippen MR) is 167 cm³/mol. The Labute approximate surface area is 259 Å². The minimum Gasteiger partial charge on any atom is -0.496 e. The smallest absolute Gasteiger partial charge is 0.482 e. The molecule has 3 aromatic rings. The van der Waals surface area contributed by atoms with Crippen molar-refractivity contribution in [2.24, 2.45) is 17.3 Å². The number of ether oxygens (including phenoxy) is 2. The molecule has 4 fully saturated rings. The lowest BCUT2D eigenvalue weighted by atomic mass is 9.43. The number of benzene rings is 2. The number of methoxy groups -OCH3 is 1. The Bertz CT molecular complexity index is 1550. The molecule has 5 unspecified atom stereocenters. The molecule has 7 rings (SSSR count). The molecule has 10 heteroatoms. The average molecular weight is 600 g/mol. The molecule has 44 heavy (non-hydrogen) atoms. The van der Waals surface area contributed by atoms with Gasteiger partial charge in [0, 0.05) is 23.6 Å². The van der Waals surface area contributed by atoms with Crippen molar-refractivity contribution in [3.63, 3.8) is 0 Å². The lowest BCUT2D eigenvalue weighted by molar-refractivity contribution is -0.199. The summed E-state index contributed by atoms with van der Waals surface area (Å²) in [7, 11) is 0.853. The second-order valence-electron chi connectivity index (χ2n) is 14.1. The third-order valence-electron chi connectivity index (χ3n) is 9.88. The fraction of sp³-hybridized carbons (Fsp3) is 0.500. The van der Waals surface area contributed by atoms with Crippen LogP contribution in [0.5, 0.6) is 5.75 Å². The highest BCUT2D eigenvalue weighted by molar-refractivity contribution is 6.48. The predicted octanol–water partition coefficient (Wildman–Crippen LogP) is 5.44. The molecule has 1 aromatic heterocycles. The molecule has 3 aliphatic carbocycles. The molecule has 1 N–H and O–H groups in total. The number of carbonyl (C=O) groups is 2. The van der Waals surface area contributed by atoms with Crippen molar-refractivity contribution in [2.75, 3.05) is 7.11 Å². The van der Waals surface area contributed by atoms with E-state index in [1.54, 1.807) is 30.7 Å². The van der Waals surface area contributed by atoms with Gasteiger partial charge in [0.1, 0.15) is 16.9 Å². The van der Waals surface area contributed by atoms with Crippen LogP contribution in [-0.2, 0) is 20.5 Å². The monoisotopic (exact) mass is 599 g/mol. The molecule has 2 bridgehead atoms. The summed E-state index contributed by atoms with van der Waals surface area (Å²) in [5, 5.41) is 3.23. The second-order valence-corrected chi connectivity index (χ2v) is 14.1. The van der Waals surface area contributed by atoms with Crippen molar-refractivity contribution in [2.45, 2.75) is 84.1 Å². The Kier molecular flexibility index (Phi) is 7.65. The van der Waals surface area contributed by atoms with E-state index in [-0.39, 0.29) is 17.4 Å². The van der Waals surface area contributed by atoms with Crippen LogP contribution in [0.2, 0.25) is 0 Å². The van der Waals surface area contributed by atoms with Crippen molar-refractivity contribution in [3.8, 4) is 11.4 Å². The lowest BCUT2D eigenvalue weighted by Gasteiger charge is -2.64. The van der Waals surface area contributed by atoms with Crippen LogP contribution in [0.15, 0.2) is 61.2 Å². The lowest BCUT2D eigenvalue weighted by Crippen LogP contribution is -2.65. The first-order valence-corrected chi connectivity index (χ1v) is 15.4. The van der Waals surface area contributed by atoms with Gasteiger partial charge in [-0.25, -0.2) is 9.78 Å². The standard InChI is InChI=1S/C34H42BN3O6/c1-32(2,3)42-31(40)25-13-9-10-21(29(25)41-7)17-28(35-43-27-19-23-18-26(33(23,4)5)34(27,6)44-35)37-30(39)22-11-8-12-24(16-22)38-15-14-36-20-38/h8-16,20,23,26-28H,17-19H2,1-7H3,(H,37,39). The Morgan fingerprint density at radius 1 is 1.16 bits per heavy atom. The Balaban J connectivity index is 1.31. The maximum Gasteiger partial charge on any atom is 0.482 e. The van der Waals surface area contributed by atoms with Crippen molar-refractivity contribution in [3.05, 3.63) is 77.9 Å². The molecule has 2 aromatic carbocycles. The molecule has 0 spiro atoms. The zero-order valence-electron chi connectivity index (χ0n) is 26.6. The van der Waals surface area contributed by atoms with Gasteiger partial charge in [0.2, 0.25) is 0 Å². The van der Waals surface area contributed by atoms with Crippen LogP contribution in [-0.4, -0.2) is 58.9 Å². The molecule has 1 amide bonds. The van der Waals surface area contributed by atoms with Gasteiger partial charge in [-0.15, -0.1) is 0 Å². The van der Waals surface area contributed by atoms with E-state index in [4.69, 9.17) is 18.8 Å². The summed E-state index contributed by atoms with van der Waals surface area (Å²) < 4.78 is 26.8. The van der Waals surface area contributed by atoms with Gasteiger partial charge in [-0.1, -0.05) is 32.0 Å². The van der Waals surface area contributed by atoms with Gasteiger partial charge < -0.3 is 28.7 Å². The minimum absolute atomic E-state index is 0.0526. The summed E-state index contributed by atoms with van der Waals surface area (Å²) in [6.07, 6.45) is 7.54. The first kappa shape index (κ1) is 30.4. The van der Waals surface area contributed by atoms with Crippen LogP contribution < -0.4 is 10.1 Å². The minimum atomic E-state index is -0.684. The first-order valence-electron chi connectivity index (χ1n) is 15.4. The van der Waals surface area contributed by atoms with Gasteiger partial charge in [0.15, 0.2) is 0 Å². The van der Waals surface area contributed by atoms with Gasteiger partial charge in [0.25, 0.3) is 5.91 Å². The van der Waals surface area contributed by atoms with E-state index in [0.29, 0.717) is 35.1 Å². The van der Waals surface area contributed by atoms with E-state index in [9.17, 15) is 9.59 Å². The molecule has 2 heterocycles. The van der Waals surface area contributed by atoms with Crippen LogP contribution in [0.4, 0.5) is 0 Å². The largest absolute Gasteiger partial charge is 0.496 e. The van der Waals surface area contributed by atoms with Crippen molar-refractivity contribution in [1.29, 1.82) is 0 Å². The Hall–Kier alpha value is -3.63. The normalized spacial score (nSPS) is 25.9. The van der Waals surface area contributed by atoms with E-state index in [1.165, 1.54) is 7.11 Å². The van der Waals surface area contributed by atoms with Gasteiger partial charge in [-0.2, -0.15) is 0 Å². The van der Waals surface area contributed by atoms with Crippen molar-refractivity contribution in [1.82, 2.24) is 14.9 Å². The number of hydrogen-bond acceptors (Lipinski definition) is 7. The number of para-hydroxylation sites is 1. The third-order valence-corrected chi connectivity index (χ3v) is 9.88. The summed E-state index contributed by atoms with van der Waals surface area (Å²) in [6, 6.07) is 12.8. The summed E-state index contributed by atoms with van der Waals surface area (Å²) in [4.78, 5) is 31.1. The molecular formula is C34H42BN3O6. The van der Waals surface area contributed by atoms with E-state index < -0.39 is 30.2 Å². The molecule has 4 aliphatic rings. The summed E-state index contributed by atoms with van der Waals surface area (Å²) in [6.45, 7) is 12.3. The maximum absolute atomic E-state index is 13.8. The van der Waals surface area contributed by atoms with Crippen molar-refractivity contribution >= 4 is 19.0 Å². The SMILES string of the molecule is COc1c(CC(NC(=O)c2cccc(-n3ccnc3)c2)B2OC3CC4CC(C4(C)C)C3(C)O2)cccc1C(=O)OC(C)(C)C. The summed E-state index contributed by atoms with van der Waals surface area (Å²) in [5.41, 5.74) is 1.47. The Morgan fingerprint density at radius 2 is 1.93 bits per heavy atom. The van der Waals surface area contributed by atoms with Crippen LogP contribution in [0.1, 0.15) is 80.7 Å². The van der Waals surface area contributed by atoms with Gasteiger partial charge in [0.05, 0.1) is 31.1 Å². The third kappa shape index (κ3) is 5.43. The number of rotatable bonds is 8. The first-order chi connectivity index (χ1) is 20.8. The molecule has 232 valence electrons. The number of amides is 1. The summed E-state index contributed by atoms with van der Waals surface area (Å²) in [5.74, 6) is 0.0885. The number of carbonyl (C=O) groups excluding carboxylic acids is 2. The second kappa shape index (κ2) is 11.1. The molecule has 3 saturated carbocycles.